The number of hydrazone groups is 1. The molecule has 0 bridgehead atoms. The summed E-state index contributed by atoms with van der Waals surface area (Å²) < 4.78 is 93.8. The number of carbonyl (C=O) groups excluding carboxylic acids is 1. The molecule has 1 aliphatic heterocycles. The molecule has 11 heteroatoms. The maximum absolute atomic E-state index is 14.2. The van der Waals surface area contributed by atoms with Crippen LogP contribution < -0.4 is 14.5 Å². The van der Waals surface area contributed by atoms with E-state index in [0.717, 1.165) is 0 Å². The third kappa shape index (κ3) is 4.39. The van der Waals surface area contributed by atoms with E-state index in [1.807, 2.05) is 0 Å². The van der Waals surface area contributed by atoms with Crippen LogP contribution in [-0.4, -0.2) is 18.7 Å². The van der Waals surface area contributed by atoms with Gasteiger partial charge in [0, 0.05) is 5.56 Å². The number of benzene rings is 3. The summed E-state index contributed by atoms with van der Waals surface area (Å²) in [5, 5.41) is 3.81. The summed E-state index contributed by atoms with van der Waals surface area (Å²) in [6, 6.07) is 10.6. The number of rotatable bonds is 6. The third-order valence-corrected chi connectivity index (χ3v) is 5.30. The smallest absolute Gasteiger partial charge is 0.280 e. The highest BCUT2D eigenvalue weighted by atomic mass is 19.2. The molecule has 1 aliphatic rings. The SMILES string of the molecule is COc1cc(/C=C2/C(=O)N(c3c(F)c(F)c(F)c(F)c3F)N=C2C)ccc1OCc1ccccc1F. The maximum atomic E-state index is 14.2. The Morgan fingerprint density at radius 2 is 1.53 bits per heavy atom. The van der Waals surface area contributed by atoms with E-state index in [4.69, 9.17) is 9.47 Å². The largest absolute Gasteiger partial charge is 0.493 e. The number of amides is 1. The lowest BCUT2D eigenvalue weighted by molar-refractivity contribution is -0.114. The molecule has 0 unspecified atom stereocenters. The van der Waals surface area contributed by atoms with Gasteiger partial charge in [-0.15, -0.1) is 0 Å². The van der Waals surface area contributed by atoms with Gasteiger partial charge in [-0.25, -0.2) is 26.3 Å². The third-order valence-electron chi connectivity index (χ3n) is 5.30. The lowest BCUT2D eigenvalue weighted by Crippen LogP contribution is -2.25. The van der Waals surface area contributed by atoms with Crippen LogP contribution in [0.2, 0.25) is 0 Å². The quantitative estimate of drug-likeness (QED) is 0.181. The van der Waals surface area contributed by atoms with Crippen LogP contribution in [0.5, 0.6) is 11.5 Å². The van der Waals surface area contributed by atoms with Gasteiger partial charge >= 0.3 is 0 Å². The van der Waals surface area contributed by atoms with Crippen molar-refractivity contribution in [3.63, 3.8) is 0 Å². The standard InChI is InChI=1S/C25H16F6N2O3/c1-12-15(25(34)33(32-12)24-22(30)20(28)19(27)21(29)23(24)31)9-13-7-8-17(18(10-13)35-2)36-11-14-5-3-4-6-16(14)26/h3-10H,11H2,1-2H3/b15-9+. The first-order valence-corrected chi connectivity index (χ1v) is 10.3. The number of methoxy groups -OCH3 is 1. The molecule has 0 atom stereocenters. The van der Waals surface area contributed by atoms with Crippen molar-refractivity contribution in [1.29, 1.82) is 0 Å². The van der Waals surface area contributed by atoms with Crippen LogP contribution in [0.3, 0.4) is 0 Å². The molecule has 4 rings (SSSR count). The van der Waals surface area contributed by atoms with Crippen LogP contribution in [0.4, 0.5) is 32.0 Å². The number of anilines is 1. The molecular weight excluding hydrogens is 490 g/mol. The minimum absolute atomic E-state index is 0.0252. The second-order valence-electron chi connectivity index (χ2n) is 7.57. The zero-order chi connectivity index (χ0) is 26.1. The maximum Gasteiger partial charge on any atom is 0.280 e. The van der Waals surface area contributed by atoms with Crippen molar-refractivity contribution in [1.82, 2.24) is 0 Å². The highest BCUT2D eigenvalue weighted by Gasteiger charge is 2.37. The van der Waals surface area contributed by atoms with Crippen molar-refractivity contribution in [2.45, 2.75) is 13.5 Å². The fraction of sp³-hybridized carbons (Fsp3) is 0.120. The molecule has 186 valence electrons. The van der Waals surface area contributed by atoms with Gasteiger partial charge < -0.3 is 9.47 Å². The lowest BCUT2D eigenvalue weighted by Gasteiger charge is -2.15. The Hall–Kier alpha value is -4.28. The molecular formula is C25H16F6N2O3. The summed E-state index contributed by atoms with van der Waals surface area (Å²) in [6.45, 7) is 1.25. The minimum Gasteiger partial charge on any atom is -0.493 e. The molecule has 36 heavy (non-hydrogen) atoms. The Bertz CT molecular complexity index is 1410. The lowest BCUT2D eigenvalue weighted by atomic mass is 10.1. The van der Waals surface area contributed by atoms with E-state index in [2.05, 4.69) is 5.10 Å². The Kier molecular flexibility index (Phi) is 6.73. The van der Waals surface area contributed by atoms with Gasteiger partial charge in [0.15, 0.2) is 34.8 Å². The normalized spacial score (nSPS) is 14.4. The number of halogens is 6. The van der Waals surface area contributed by atoms with E-state index < -0.39 is 46.5 Å². The van der Waals surface area contributed by atoms with Gasteiger partial charge in [0.05, 0.1) is 18.4 Å². The summed E-state index contributed by atoms with van der Waals surface area (Å²) >= 11 is 0. The average Bonchev–Trinajstić information content (AvgIpc) is 3.14. The molecule has 0 aliphatic carbocycles. The monoisotopic (exact) mass is 506 g/mol. The van der Waals surface area contributed by atoms with Crippen LogP contribution in [0.1, 0.15) is 18.1 Å². The van der Waals surface area contributed by atoms with E-state index in [1.54, 1.807) is 18.2 Å². The predicted molar refractivity (Wildman–Crippen MR) is 119 cm³/mol. The molecule has 1 amide bonds. The highest BCUT2D eigenvalue weighted by Crippen LogP contribution is 2.35. The zero-order valence-electron chi connectivity index (χ0n) is 18.7. The molecule has 0 N–H and O–H groups in total. The van der Waals surface area contributed by atoms with E-state index in [1.165, 1.54) is 44.4 Å². The van der Waals surface area contributed by atoms with Crippen molar-refractivity contribution >= 4 is 23.4 Å². The van der Waals surface area contributed by atoms with Gasteiger partial charge in [0.1, 0.15) is 18.1 Å². The highest BCUT2D eigenvalue weighted by molar-refractivity contribution is 6.32. The molecule has 0 saturated heterocycles. The molecule has 0 fully saturated rings. The van der Waals surface area contributed by atoms with E-state index >= 15 is 0 Å². The molecule has 0 radical (unpaired) electrons. The average molecular weight is 506 g/mol. The van der Waals surface area contributed by atoms with Gasteiger partial charge in [-0.2, -0.15) is 10.1 Å². The Balaban J connectivity index is 1.62. The first-order chi connectivity index (χ1) is 17.1. The topological polar surface area (TPSA) is 51.1 Å². The number of ether oxygens (including phenoxy) is 2. The molecule has 5 nitrogen and oxygen atoms in total. The van der Waals surface area contributed by atoms with Gasteiger partial charge in [0.25, 0.3) is 5.91 Å². The molecule has 0 spiro atoms. The van der Waals surface area contributed by atoms with Crippen LogP contribution >= 0.6 is 0 Å². The summed E-state index contributed by atoms with van der Waals surface area (Å²) in [5.74, 6) is -12.1. The van der Waals surface area contributed by atoms with Gasteiger partial charge in [-0.05, 0) is 36.8 Å². The van der Waals surface area contributed by atoms with Crippen molar-refractivity contribution < 1.29 is 40.6 Å². The number of carbonyl (C=O) groups is 1. The summed E-state index contributed by atoms with van der Waals surface area (Å²) in [6.07, 6.45) is 1.30. The molecule has 1 heterocycles. The first-order valence-electron chi connectivity index (χ1n) is 10.3. The summed E-state index contributed by atoms with van der Waals surface area (Å²) in [7, 11) is 1.36. The molecule has 0 aromatic heterocycles. The van der Waals surface area contributed by atoms with E-state index in [-0.39, 0.29) is 34.4 Å². The van der Waals surface area contributed by atoms with Gasteiger partial charge in [-0.3, -0.25) is 4.79 Å². The number of hydrogen-bond donors (Lipinski definition) is 0. The Morgan fingerprint density at radius 1 is 0.889 bits per heavy atom. The second-order valence-corrected chi connectivity index (χ2v) is 7.57. The molecule has 3 aromatic carbocycles. The van der Waals surface area contributed by atoms with Gasteiger partial charge in [-0.1, -0.05) is 24.3 Å². The predicted octanol–water partition coefficient (Wildman–Crippen LogP) is 5.91. The molecule has 0 saturated carbocycles. The minimum atomic E-state index is -2.35. The van der Waals surface area contributed by atoms with Gasteiger partial charge in [0.2, 0.25) is 5.82 Å². The summed E-state index contributed by atoms with van der Waals surface area (Å²) in [4.78, 5) is 12.8. The first kappa shape index (κ1) is 24.8. The van der Waals surface area contributed by atoms with Crippen molar-refractivity contribution in [3.8, 4) is 11.5 Å². The van der Waals surface area contributed by atoms with E-state index in [0.29, 0.717) is 11.1 Å². The Labute approximate surface area is 200 Å². The van der Waals surface area contributed by atoms with Crippen LogP contribution in [-0.2, 0) is 11.4 Å². The Morgan fingerprint density at radius 3 is 2.17 bits per heavy atom. The summed E-state index contributed by atoms with van der Waals surface area (Å²) in [5.41, 5.74) is -0.956. The fourth-order valence-electron chi connectivity index (χ4n) is 3.45. The second kappa shape index (κ2) is 9.76. The van der Waals surface area contributed by atoms with Crippen molar-refractivity contribution in [3.05, 3.63) is 94.1 Å². The van der Waals surface area contributed by atoms with E-state index in [9.17, 15) is 31.1 Å². The van der Waals surface area contributed by atoms with Crippen molar-refractivity contribution in [2.75, 3.05) is 12.1 Å². The number of hydrogen-bond acceptors (Lipinski definition) is 4. The zero-order valence-corrected chi connectivity index (χ0v) is 18.7. The fourth-order valence-corrected chi connectivity index (χ4v) is 3.45. The van der Waals surface area contributed by atoms with Crippen LogP contribution in [0.25, 0.3) is 6.08 Å². The molecule has 3 aromatic rings. The van der Waals surface area contributed by atoms with Crippen molar-refractivity contribution in [2.24, 2.45) is 5.10 Å². The van der Waals surface area contributed by atoms with Crippen LogP contribution in [0, 0.1) is 34.9 Å². The van der Waals surface area contributed by atoms with Crippen LogP contribution in [0.15, 0.2) is 53.1 Å². The number of nitrogens with zero attached hydrogens (tertiary/aromatic N) is 2.